The van der Waals surface area contributed by atoms with Crippen molar-refractivity contribution < 1.29 is 9.90 Å². The zero-order valence-electron chi connectivity index (χ0n) is 13.8. The molecule has 24 heavy (non-hydrogen) atoms. The third kappa shape index (κ3) is 4.17. The predicted octanol–water partition coefficient (Wildman–Crippen LogP) is 3.51. The Morgan fingerprint density at radius 1 is 1.12 bits per heavy atom. The van der Waals surface area contributed by atoms with E-state index >= 15 is 0 Å². The molecule has 0 amide bonds. The van der Waals surface area contributed by atoms with Crippen molar-refractivity contribution in [2.75, 3.05) is 0 Å². The van der Waals surface area contributed by atoms with Gasteiger partial charge in [0.05, 0.1) is 11.3 Å². The second-order valence-corrected chi connectivity index (χ2v) is 6.36. The van der Waals surface area contributed by atoms with Gasteiger partial charge in [0, 0.05) is 37.7 Å². The quantitative estimate of drug-likeness (QED) is 0.880. The number of nitrogens with zero attached hydrogens (tertiary/aromatic N) is 3. The summed E-state index contributed by atoms with van der Waals surface area (Å²) in [5, 5.41) is 9.41. The lowest BCUT2D eigenvalue weighted by Gasteiger charge is -2.34. The van der Waals surface area contributed by atoms with E-state index in [-0.39, 0.29) is 0 Å². The van der Waals surface area contributed by atoms with Crippen LogP contribution in [0.1, 0.15) is 53.7 Å². The van der Waals surface area contributed by atoms with Crippen molar-refractivity contribution in [3.63, 3.8) is 0 Å². The number of rotatable bonds is 6. The minimum absolute atomic E-state index is 0.296. The molecule has 5 heteroatoms. The van der Waals surface area contributed by atoms with Crippen molar-refractivity contribution in [1.82, 2.24) is 14.9 Å². The van der Waals surface area contributed by atoms with E-state index < -0.39 is 5.97 Å². The zero-order chi connectivity index (χ0) is 16.8. The molecule has 0 aliphatic heterocycles. The Kier molecular flexibility index (Phi) is 5.54. The molecule has 5 nitrogen and oxygen atoms in total. The molecular weight excluding hydrogens is 302 g/mol. The Bertz CT molecular complexity index is 669. The maximum absolute atomic E-state index is 11.5. The molecule has 2 heterocycles. The fourth-order valence-electron chi connectivity index (χ4n) is 3.44. The van der Waals surface area contributed by atoms with Crippen molar-refractivity contribution in [2.24, 2.45) is 0 Å². The van der Waals surface area contributed by atoms with Crippen LogP contribution < -0.4 is 0 Å². The molecular formula is C19H23N3O2. The fourth-order valence-corrected chi connectivity index (χ4v) is 3.44. The van der Waals surface area contributed by atoms with Crippen LogP contribution in [0.3, 0.4) is 0 Å². The summed E-state index contributed by atoms with van der Waals surface area (Å²) in [6, 6.07) is 7.80. The summed E-state index contributed by atoms with van der Waals surface area (Å²) in [7, 11) is 0. The van der Waals surface area contributed by atoms with Crippen molar-refractivity contribution in [1.29, 1.82) is 0 Å². The minimum Gasteiger partial charge on any atom is -0.478 e. The molecule has 1 saturated carbocycles. The van der Waals surface area contributed by atoms with E-state index in [1.165, 1.54) is 19.3 Å². The molecule has 0 bridgehead atoms. The van der Waals surface area contributed by atoms with Crippen LogP contribution >= 0.6 is 0 Å². The van der Waals surface area contributed by atoms with Crippen LogP contribution in [-0.2, 0) is 13.1 Å². The number of carboxylic acids is 1. The van der Waals surface area contributed by atoms with Gasteiger partial charge in [-0.2, -0.15) is 0 Å². The van der Waals surface area contributed by atoms with Crippen molar-refractivity contribution in [3.8, 4) is 0 Å². The lowest BCUT2D eigenvalue weighted by molar-refractivity contribution is 0.0691. The van der Waals surface area contributed by atoms with Crippen LogP contribution in [-0.4, -0.2) is 32.0 Å². The normalized spacial score (nSPS) is 15.5. The number of carboxylic acid groups (broad SMARTS) is 1. The maximum Gasteiger partial charge on any atom is 0.337 e. The Labute approximate surface area is 142 Å². The third-order valence-electron chi connectivity index (χ3n) is 4.67. The number of hydrogen-bond acceptors (Lipinski definition) is 4. The number of aromatic carboxylic acids is 1. The average Bonchev–Trinajstić information content (AvgIpc) is 2.63. The van der Waals surface area contributed by atoms with Crippen LogP contribution in [0, 0.1) is 0 Å². The summed E-state index contributed by atoms with van der Waals surface area (Å²) in [5.41, 5.74) is 2.08. The van der Waals surface area contributed by atoms with E-state index in [1.54, 1.807) is 24.5 Å². The molecule has 2 aromatic rings. The molecule has 1 aliphatic carbocycles. The summed E-state index contributed by atoms with van der Waals surface area (Å²) >= 11 is 0. The first-order chi connectivity index (χ1) is 11.7. The minimum atomic E-state index is -0.914. The first kappa shape index (κ1) is 16.6. The first-order valence-corrected chi connectivity index (χ1v) is 8.54. The molecule has 0 atom stereocenters. The molecule has 0 aromatic carbocycles. The van der Waals surface area contributed by atoms with Crippen molar-refractivity contribution in [2.45, 2.75) is 51.2 Å². The van der Waals surface area contributed by atoms with Gasteiger partial charge in [-0.1, -0.05) is 25.3 Å². The molecule has 0 spiro atoms. The second-order valence-electron chi connectivity index (χ2n) is 6.36. The number of aromatic nitrogens is 2. The van der Waals surface area contributed by atoms with E-state index in [4.69, 9.17) is 0 Å². The van der Waals surface area contributed by atoms with E-state index in [2.05, 4.69) is 20.9 Å². The zero-order valence-corrected chi connectivity index (χ0v) is 13.8. The van der Waals surface area contributed by atoms with Crippen molar-refractivity contribution in [3.05, 3.63) is 59.7 Å². The lowest BCUT2D eigenvalue weighted by Crippen LogP contribution is -2.36. The SMILES string of the molecule is O=C(O)c1cccnc1CN(Cc1cccnc1)C1CCCCC1. The maximum atomic E-state index is 11.5. The molecule has 3 rings (SSSR count). The van der Waals surface area contributed by atoms with Gasteiger partial charge < -0.3 is 5.11 Å². The van der Waals surface area contributed by atoms with Crippen LogP contribution in [0.25, 0.3) is 0 Å². The molecule has 126 valence electrons. The molecule has 0 unspecified atom stereocenters. The third-order valence-corrected chi connectivity index (χ3v) is 4.67. The highest BCUT2D eigenvalue weighted by atomic mass is 16.4. The van der Waals surface area contributed by atoms with Gasteiger partial charge in [0.25, 0.3) is 0 Å². The predicted molar refractivity (Wildman–Crippen MR) is 91.6 cm³/mol. The van der Waals surface area contributed by atoms with Gasteiger partial charge in [-0.15, -0.1) is 0 Å². The summed E-state index contributed by atoms with van der Waals surface area (Å²) in [5.74, 6) is -0.914. The van der Waals surface area contributed by atoms with Crippen LogP contribution in [0.2, 0.25) is 0 Å². The first-order valence-electron chi connectivity index (χ1n) is 8.54. The van der Waals surface area contributed by atoms with Crippen molar-refractivity contribution >= 4 is 5.97 Å². The van der Waals surface area contributed by atoms with Crippen LogP contribution in [0.5, 0.6) is 0 Å². The highest BCUT2D eigenvalue weighted by Crippen LogP contribution is 2.26. The average molecular weight is 325 g/mol. The molecule has 0 saturated heterocycles. The summed E-state index contributed by atoms with van der Waals surface area (Å²) < 4.78 is 0. The van der Waals surface area contributed by atoms with E-state index in [0.717, 1.165) is 24.9 Å². The van der Waals surface area contributed by atoms with Gasteiger partial charge in [0.15, 0.2) is 0 Å². The number of pyridine rings is 2. The van der Waals surface area contributed by atoms with E-state index in [0.29, 0.717) is 23.8 Å². The standard InChI is InChI=1S/C19H23N3O2/c23-19(24)17-9-5-11-21-18(17)14-22(16-7-2-1-3-8-16)13-15-6-4-10-20-12-15/h4-6,9-12,16H,1-3,7-8,13-14H2,(H,23,24). The highest BCUT2D eigenvalue weighted by molar-refractivity contribution is 5.88. The van der Waals surface area contributed by atoms with E-state index in [9.17, 15) is 9.90 Å². The molecule has 2 aromatic heterocycles. The van der Waals surface area contributed by atoms with Crippen LogP contribution in [0.4, 0.5) is 0 Å². The van der Waals surface area contributed by atoms with E-state index in [1.807, 2.05) is 12.3 Å². The Morgan fingerprint density at radius 2 is 1.92 bits per heavy atom. The van der Waals surface area contributed by atoms with Gasteiger partial charge in [-0.05, 0) is 36.6 Å². The monoisotopic (exact) mass is 325 g/mol. The smallest absolute Gasteiger partial charge is 0.337 e. The van der Waals surface area contributed by atoms with Gasteiger partial charge in [0.1, 0.15) is 0 Å². The Hall–Kier alpha value is -2.27. The molecule has 1 aliphatic rings. The molecule has 1 fully saturated rings. The summed E-state index contributed by atoms with van der Waals surface area (Å²) in [6.07, 6.45) is 11.4. The van der Waals surface area contributed by atoms with Gasteiger partial charge in [-0.3, -0.25) is 14.9 Å². The van der Waals surface area contributed by atoms with Crippen LogP contribution in [0.15, 0.2) is 42.9 Å². The summed E-state index contributed by atoms with van der Waals surface area (Å²) in [4.78, 5) is 22.4. The van der Waals surface area contributed by atoms with Gasteiger partial charge >= 0.3 is 5.97 Å². The number of carbonyl (C=O) groups is 1. The van der Waals surface area contributed by atoms with Gasteiger partial charge in [0.2, 0.25) is 0 Å². The topological polar surface area (TPSA) is 66.3 Å². The Balaban J connectivity index is 1.83. The van der Waals surface area contributed by atoms with Gasteiger partial charge in [-0.25, -0.2) is 4.79 Å². The molecule has 1 N–H and O–H groups in total. The highest BCUT2D eigenvalue weighted by Gasteiger charge is 2.23. The fraction of sp³-hybridized carbons (Fsp3) is 0.421. The lowest BCUT2D eigenvalue weighted by atomic mass is 9.93. The second kappa shape index (κ2) is 8.02. The summed E-state index contributed by atoms with van der Waals surface area (Å²) in [6.45, 7) is 1.33. The molecule has 0 radical (unpaired) electrons. The number of hydrogen-bond donors (Lipinski definition) is 1. The largest absolute Gasteiger partial charge is 0.478 e. The Morgan fingerprint density at radius 3 is 2.62 bits per heavy atom.